The van der Waals surface area contributed by atoms with Crippen LogP contribution in [0.1, 0.15) is 45.2 Å². The fourth-order valence-electron chi connectivity index (χ4n) is 2.94. The molecule has 0 saturated carbocycles. The van der Waals surface area contributed by atoms with Crippen LogP contribution >= 0.6 is 0 Å². The lowest BCUT2D eigenvalue weighted by atomic mass is 9.82. The second-order valence-corrected chi connectivity index (χ2v) is 8.03. The minimum Gasteiger partial charge on any atom is -0.489 e. The molecule has 2 aromatic rings. The van der Waals surface area contributed by atoms with Gasteiger partial charge in [-0.3, -0.25) is 9.59 Å². The Hall–Kier alpha value is -2.69. The molecule has 0 radical (unpaired) electrons. The molecule has 0 bridgehead atoms. The molecule has 150 valence electrons. The van der Waals surface area contributed by atoms with Gasteiger partial charge in [0.1, 0.15) is 18.2 Å². The maximum Gasteiger partial charge on any atom is 0.217 e. The number of nitrogens with one attached hydrogen (secondary N) is 1. The molecule has 0 spiro atoms. The van der Waals surface area contributed by atoms with E-state index in [1.54, 1.807) is 6.07 Å². The number of ether oxygens (including phenoxy) is 1. The van der Waals surface area contributed by atoms with Crippen molar-refractivity contribution in [3.05, 3.63) is 65.5 Å². The topological polar surface area (TPSA) is 55.4 Å². The van der Waals surface area contributed by atoms with E-state index in [-0.39, 0.29) is 22.9 Å². The van der Waals surface area contributed by atoms with Crippen LogP contribution in [0.25, 0.3) is 0 Å². The first kappa shape index (κ1) is 21.6. The quantitative estimate of drug-likeness (QED) is 0.730. The number of Topliss-reactive ketones (excluding diaryl/α,β-unsaturated/α-hetero) is 1. The molecule has 2 aromatic carbocycles. The van der Waals surface area contributed by atoms with Gasteiger partial charge < -0.3 is 10.1 Å². The molecule has 0 aliphatic carbocycles. The molecule has 1 N–H and O–H groups in total. The van der Waals surface area contributed by atoms with E-state index in [4.69, 9.17) is 4.74 Å². The van der Waals surface area contributed by atoms with Gasteiger partial charge in [-0.25, -0.2) is 4.39 Å². The molecule has 0 saturated heterocycles. The zero-order chi connectivity index (χ0) is 20.7. The maximum absolute atomic E-state index is 13.2. The van der Waals surface area contributed by atoms with Crippen LogP contribution < -0.4 is 10.1 Å². The lowest BCUT2D eigenvalue weighted by Crippen LogP contribution is -2.48. The van der Waals surface area contributed by atoms with E-state index in [9.17, 15) is 14.0 Å². The van der Waals surface area contributed by atoms with Gasteiger partial charge in [0.05, 0.1) is 6.04 Å². The van der Waals surface area contributed by atoms with Gasteiger partial charge in [0, 0.05) is 13.3 Å². The number of rotatable bonds is 8. The summed E-state index contributed by atoms with van der Waals surface area (Å²) in [7, 11) is 0. The number of carbonyl (C=O) groups is 2. The molecule has 2 rings (SSSR count). The van der Waals surface area contributed by atoms with Gasteiger partial charge in [0.2, 0.25) is 5.91 Å². The lowest BCUT2D eigenvalue weighted by Gasteiger charge is -2.30. The summed E-state index contributed by atoms with van der Waals surface area (Å²) in [4.78, 5) is 24.0. The molecule has 4 nitrogen and oxygen atoms in total. The highest BCUT2D eigenvalue weighted by atomic mass is 19.1. The van der Waals surface area contributed by atoms with Crippen molar-refractivity contribution in [1.29, 1.82) is 0 Å². The monoisotopic (exact) mass is 385 g/mol. The molecule has 1 amide bonds. The highest BCUT2D eigenvalue weighted by molar-refractivity contribution is 5.89. The number of carbonyl (C=O) groups excluding carboxylic acids is 2. The average molecular weight is 385 g/mol. The summed E-state index contributed by atoms with van der Waals surface area (Å²) >= 11 is 0. The third-order valence-electron chi connectivity index (χ3n) is 4.41. The summed E-state index contributed by atoms with van der Waals surface area (Å²) in [5.74, 6) is 0.223. The first-order valence-corrected chi connectivity index (χ1v) is 9.41. The molecular weight excluding hydrogens is 357 g/mol. The van der Waals surface area contributed by atoms with Gasteiger partial charge in [-0.15, -0.1) is 0 Å². The van der Waals surface area contributed by atoms with Crippen molar-refractivity contribution in [2.45, 2.75) is 53.2 Å². The summed E-state index contributed by atoms with van der Waals surface area (Å²) < 4.78 is 18.9. The van der Waals surface area contributed by atoms with Crippen molar-refractivity contribution in [1.82, 2.24) is 5.32 Å². The average Bonchev–Trinajstić information content (AvgIpc) is 2.62. The van der Waals surface area contributed by atoms with E-state index in [0.29, 0.717) is 25.2 Å². The van der Waals surface area contributed by atoms with Crippen LogP contribution in [-0.4, -0.2) is 17.7 Å². The Labute approximate surface area is 166 Å². The van der Waals surface area contributed by atoms with E-state index in [0.717, 1.165) is 11.1 Å². The molecule has 0 heterocycles. The lowest BCUT2D eigenvalue weighted by molar-refractivity contribution is -0.129. The highest BCUT2D eigenvalue weighted by Gasteiger charge is 2.31. The van der Waals surface area contributed by atoms with Gasteiger partial charge in [0.25, 0.3) is 0 Å². The van der Waals surface area contributed by atoms with E-state index < -0.39 is 6.04 Å². The maximum atomic E-state index is 13.2. The Bertz CT molecular complexity index is 809. The van der Waals surface area contributed by atoms with Crippen LogP contribution in [0.2, 0.25) is 0 Å². The van der Waals surface area contributed by atoms with Crippen molar-refractivity contribution in [2.24, 2.45) is 5.41 Å². The Kier molecular flexibility index (Phi) is 7.32. The van der Waals surface area contributed by atoms with Gasteiger partial charge >= 0.3 is 0 Å². The fraction of sp³-hybridized carbons (Fsp3) is 0.391. The number of ketones is 1. The summed E-state index contributed by atoms with van der Waals surface area (Å²) in [6.45, 7) is 7.54. The van der Waals surface area contributed by atoms with Crippen LogP contribution in [0.15, 0.2) is 48.5 Å². The molecular formula is C23H28FNO3. The SMILES string of the molecule is CC(=O)N[C@@H](C(=O)CCc1ccc(OCc2cccc(F)c2)cc1)C(C)(C)C. The van der Waals surface area contributed by atoms with Crippen LogP contribution in [0.5, 0.6) is 5.75 Å². The molecule has 0 aromatic heterocycles. The molecule has 5 heteroatoms. The van der Waals surface area contributed by atoms with Crippen molar-refractivity contribution >= 4 is 11.7 Å². The van der Waals surface area contributed by atoms with Crippen LogP contribution in [-0.2, 0) is 22.6 Å². The standard InChI is InChI=1S/C23H28FNO3/c1-16(26)25-22(23(2,3)4)21(27)13-10-17-8-11-20(12-9-17)28-15-18-6-5-7-19(24)14-18/h5-9,11-12,14,22H,10,13,15H2,1-4H3,(H,25,26)/t22-/m0/s1. The van der Waals surface area contributed by atoms with Crippen LogP contribution in [0, 0.1) is 11.2 Å². The molecule has 0 aliphatic heterocycles. The van der Waals surface area contributed by atoms with E-state index in [1.807, 2.05) is 51.1 Å². The Morgan fingerprint density at radius 1 is 1.07 bits per heavy atom. The van der Waals surface area contributed by atoms with Crippen molar-refractivity contribution < 1.29 is 18.7 Å². The summed E-state index contributed by atoms with van der Waals surface area (Å²) in [5, 5.41) is 2.77. The van der Waals surface area contributed by atoms with Gasteiger partial charge in [-0.1, -0.05) is 45.0 Å². The predicted octanol–water partition coefficient (Wildman–Crippen LogP) is 4.46. The largest absolute Gasteiger partial charge is 0.489 e. The fourth-order valence-corrected chi connectivity index (χ4v) is 2.94. The van der Waals surface area contributed by atoms with Gasteiger partial charge in [-0.05, 0) is 47.2 Å². The van der Waals surface area contributed by atoms with E-state index in [1.165, 1.54) is 19.1 Å². The highest BCUT2D eigenvalue weighted by Crippen LogP contribution is 2.22. The van der Waals surface area contributed by atoms with E-state index in [2.05, 4.69) is 5.32 Å². The van der Waals surface area contributed by atoms with Crippen molar-refractivity contribution in [3.63, 3.8) is 0 Å². The number of hydrogen-bond acceptors (Lipinski definition) is 3. The number of benzene rings is 2. The van der Waals surface area contributed by atoms with Crippen molar-refractivity contribution in [3.8, 4) is 5.75 Å². The smallest absolute Gasteiger partial charge is 0.217 e. The summed E-state index contributed by atoms with van der Waals surface area (Å²) in [6.07, 6.45) is 0.945. The number of amides is 1. The number of halogens is 1. The van der Waals surface area contributed by atoms with Crippen LogP contribution in [0.3, 0.4) is 0 Å². The first-order valence-electron chi connectivity index (χ1n) is 9.41. The number of aryl methyl sites for hydroxylation is 1. The van der Waals surface area contributed by atoms with Gasteiger partial charge in [-0.2, -0.15) is 0 Å². The molecule has 0 aliphatic rings. The Balaban J connectivity index is 1.89. The van der Waals surface area contributed by atoms with E-state index >= 15 is 0 Å². The molecule has 0 unspecified atom stereocenters. The van der Waals surface area contributed by atoms with Crippen LogP contribution in [0.4, 0.5) is 4.39 Å². The normalized spacial score (nSPS) is 12.3. The zero-order valence-electron chi connectivity index (χ0n) is 16.9. The minimum absolute atomic E-state index is 0.0223. The third kappa shape index (κ3) is 6.80. The first-order chi connectivity index (χ1) is 13.1. The summed E-state index contributed by atoms with van der Waals surface area (Å²) in [6, 6.07) is 13.3. The number of hydrogen-bond donors (Lipinski definition) is 1. The second kappa shape index (κ2) is 9.49. The zero-order valence-corrected chi connectivity index (χ0v) is 16.9. The summed E-state index contributed by atoms with van der Waals surface area (Å²) in [5.41, 5.74) is 1.44. The molecule has 0 fully saturated rings. The predicted molar refractivity (Wildman–Crippen MR) is 108 cm³/mol. The van der Waals surface area contributed by atoms with Crippen molar-refractivity contribution in [2.75, 3.05) is 0 Å². The second-order valence-electron chi connectivity index (χ2n) is 8.03. The molecule has 28 heavy (non-hydrogen) atoms. The minimum atomic E-state index is -0.501. The third-order valence-corrected chi connectivity index (χ3v) is 4.41. The Morgan fingerprint density at radius 3 is 2.32 bits per heavy atom. The Morgan fingerprint density at radius 2 is 1.75 bits per heavy atom. The molecule has 1 atom stereocenters. The van der Waals surface area contributed by atoms with Gasteiger partial charge in [0.15, 0.2) is 5.78 Å².